The molecule has 2 aromatic heterocycles. The summed E-state index contributed by atoms with van der Waals surface area (Å²) in [5, 5.41) is 12.3. The fourth-order valence-electron chi connectivity index (χ4n) is 4.35. The van der Waals surface area contributed by atoms with Crippen LogP contribution in [0.4, 0.5) is 14.9 Å². The first kappa shape index (κ1) is 24.7. The van der Waals surface area contributed by atoms with Gasteiger partial charge in [-0.15, -0.1) is 0 Å². The van der Waals surface area contributed by atoms with Crippen LogP contribution in [0.5, 0.6) is 11.5 Å². The molecule has 2 amide bonds. The van der Waals surface area contributed by atoms with Crippen LogP contribution in [-0.2, 0) is 0 Å². The summed E-state index contributed by atoms with van der Waals surface area (Å²) in [4.78, 5) is 35.0. The minimum absolute atomic E-state index is 0.0207. The van der Waals surface area contributed by atoms with Crippen molar-refractivity contribution in [2.75, 3.05) is 11.9 Å². The number of nitrogens with one attached hydrogen (secondary N) is 3. The number of rotatable bonds is 6. The van der Waals surface area contributed by atoms with Crippen LogP contribution in [0, 0.1) is 17.2 Å². The van der Waals surface area contributed by atoms with Crippen LogP contribution in [0.2, 0.25) is 0 Å². The molecule has 1 unspecified atom stereocenters. The Labute approximate surface area is 213 Å². The Morgan fingerprint density at radius 3 is 2.76 bits per heavy atom. The number of aromatic nitrogens is 3. The van der Waals surface area contributed by atoms with Crippen molar-refractivity contribution in [1.29, 1.82) is 0 Å². The van der Waals surface area contributed by atoms with Crippen molar-refractivity contribution in [2.24, 2.45) is 16.4 Å². The Balaban J connectivity index is 1.25. The average Bonchev–Trinajstić information content (AvgIpc) is 3.21. The van der Waals surface area contributed by atoms with Crippen molar-refractivity contribution in [3.05, 3.63) is 52.8 Å². The number of hydrogen-bond donors (Lipinski definition) is 3. The highest BCUT2D eigenvalue weighted by Crippen LogP contribution is 2.32. The molecule has 0 bridgehead atoms. The summed E-state index contributed by atoms with van der Waals surface area (Å²) in [6, 6.07) is 5.20. The van der Waals surface area contributed by atoms with Gasteiger partial charge in [0.15, 0.2) is 11.4 Å². The third kappa shape index (κ3) is 5.55. The van der Waals surface area contributed by atoms with Crippen LogP contribution in [0.1, 0.15) is 46.5 Å². The molecule has 37 heavy (non-hydrogen) atoms. The summed E-state index contributed by atoms with van der Waals surface area (Å²) in [6.07, 6.45) is 6.52. The van der Waals surface area contributed by atoms with E-state index < -0.39 is 11.8 Å². The lowest BCUT2D eigenvalue weighted by Gasteiger charge is -2.32. The number of nitrogens with zero attached hydrogens (tertiary/aromatic N) is 4. The van der Waals surface area contributed by atoms with Gasteiger partial charge in [0.05, 0.1) is 11.9 Å². The van der Waals surface area contributed by atoms with Crippen molar-refractivity contribution in [3.8, 4) is 11.5 Å². The van der Waals surface area contributed by atoms with Gasteiger partial charge < -0.3 is 20.4 Å². The van der Waals surface area contributed by atoms with Gasteiger partial charge in [0.2, 0.25) is 0 Å². The zero-order chi connectivity index (χ0) is 26.2. The van der Waals surface area contributed by atoms with Crippen LogP contribution in [-0.4, -0.2) is 44.4 Å². The van der Waals surface area contributed by atoms with E-state index in [1.54, 1.807) is 6.07 Å². The van der Waals surface area contributed by atoms with E-state index in [4.69, 9.17) is 9.84 Å². The smallest absolute Gasteiger partial charge is 0.320 e. The van der Waals surface area contributed by atoms with E-state index in [-0.39, 0.29) is 34.2 Å². The number of urea groups is 1. The molecule has 194 valence electrons. The molecule has 1 atom stereocenters. The zero-order valence-electron chi connectivity index (χ0n) is 21.0. The molecule has 0 radical (unpaired) electrons. The number of aromatic amines is 1. The van der Waals surface area contributed by atoms with E-state index >= 15 is 0 Å². The van der Waals surface area contributed by atoms with Crippen molar-refractivity contribution in [3.63, 3.8) is 0 Å². The zero-order valence-corrected chi connectivity index (χ0v) is 21.0. The standard InChI is InChI=1S/C26H30FN7O3/c1-26(2,3)20-12-21(34(33-20)14-15-5-4-6-15)31-25(36)30-18-8-7-16(11-17(18)27)37-19-9-10-28-24-23(19)29-13-22(35)32-24/h7-11,13,15,21H,4-6,12,14H2,1-3H3,(H,28,32,35)(H2,30,31,36). The van der Waals surface area contributed by atoms with E-state index in [2.05, 4.69) is 46.4 Å². The van der Waals surface area contributed by atoms with Gasteiger partial charge >= 0.3 is 6.03 Å². The molecule has 11 heteroatoms. The number of hydrazone groups is 1. The van der Waals surface area contributed by atoms with E-state index in [9.17, 15) is 14.0 Å². The Morgan fingerprint density at radius 2 is 2.05 bits per heavy atom. The predicted octanol–water partition coefficient (Wildman–Crippen LogP) is 4.61. The summed E-state index contributed by atoms with van der Waals surface area (Å²) < 4.78 is 20.7. The number of hydrogen-bond acceptors (Lipinski definition) is 7. The Morgan fingerprint density at radius 1 is 1.24 bits per heavy atom. The van der Waals surface area contributed by atoms with Gasteiger partial charge in [-0.2, -0.15) is 5.10 Å². The monoisotopic (exact) mass is 507 g/mol. The summed E-state index contributed by atoms with van der Waals surface area (Å²) in [5.41, 5.74) is 1.17. The van der Waals surface area contributed by atoms with E-state index in [0.717, 1.165) is 18.5 Å². The topological polar surface area (TPSA) is 125 Å². The first-order chi connectivity index (χ1) is 17.7. The maximum absolute atomic E-state index is 14.9. The van der Waals surface area contributed by atoms with Gasteiger partial charge in [-0.25, -0.2) is 19.2 Å². The maximum atomic E-state index is 14.9. The molecule has 1 fully saturated rings. The average molecular weight is 508 g/mol. The second-order valence-electron chi connectivity index (χ2n) is 10.5. The van der Waals surface area contributed by atoms with E-state index in [0.29, 0.717) is 23.6 Å². The van der Waals surface area contributed by atoms with Crippen molar-refractivity contribution < 1.29 is 13.9 Å². The number of anilines is 1. The Hall–Kier alpha value is -4.02. The van der Waals surface area contributed by atoms with Gasteiger partial charge in [0.25, 0.3) is 5.56 Å². The number of ether oxygens (including phenoxy) is 1. The van der Waals surface area contributed by atoms with Gasteiger partial charge in [-0.3, -0.25) is 9.80 Å². The second kappa shape index (κ2) is 9.79. The number of pyridine rings is 1. The lowest BCUT2D eigenvalue weighted by Crippen LogP contribution is -2.47. The number of carbonyl (C=O) groups excluding carboxylic acids is 1. The molecule has 1 aliphatic heterocycles. The Bertz CT molecular complexity index is 1410. The molecule has 3 heterocycles. The van der Waals surface area contributed by atoms with Gasteiger partial charge in [0, 0.05) is 42.4 Å². The molecular weight excluding hydrogens is 477 g/mol. The molecule has 0 spiro atoms. The normalized spacial score (nSPS) is 17.9. The molecule has 3 N–H and O–H groups in total. The first-order valence-electron chi connectivity index (χ1n) is 12.4. The number of fused-ring (bicyclic) bond motifs is 1. The molecule has 1 saturated carbocycles. The van der Waals surface area contributed by atoms with Crippen molar-refractivity contribution in [1.82, 2.24) is 25.3 Å². The van der Waals surface area contributed by atoms with Gasteiger partial charge in [0.1, 0.15) is 23.2 Å². The van der Waals surface area contributed by atoms with Crippen LogP contribution in [0.3, 0.4) is 0 Å². The molecule has 1 aliphatic carbocycles. The highest BCUT2D eigenvalue weighted by molar-refractivity contribution is 5.93. The second-order valence-corrected chi connectivity index (χ2v) is 10.5. The largest absolute Gasteiger partial charge is 0.455 e. The summed E-state index contributed by atoms with van der Waals surface area (Å²) in [6.45, 7) is 7.13. The highest BCUT2D eigenvalue weighted by atomic mass is 19.1. The summed E-state index contributed by atoms with van der Waals surface area (Å²) >= 11 is 0. The van der Waals surface area contributed by atoms with Crippen molar-refractivity contribution >= 4 is 28.6 Å². The number of benzene rings is 1. The maximum Gasteiger partial charge on any atom is 0.320 e. The third-order valence-corrected chi connectivity index (χ3v) is 6.69. The highest BCUT2D eigenvalue weighted by Gasteiger charge is 2.35. The summed E-state index contributed by atoms with van der Waals surface area (Å²) in [7, 11) is 0. The lowest BCUT2D eigenvalue weighted by atomic mass is 9.85. The molecule has 3 aromatic rings. The van der Waals surface area contributed by atoms with Gasteiger partial charge in [-0.1, -0.05) is 27.2 Å². The molecule has 2 aliphatic rings. The fraction of sp³-hybridized carbons (Fsp3) is 0.423. The number of halogens is 1. The third-order valence-electron chi connectivity index (χ3n) is 6.69. The molecule has 1 aromatic carbocycles. The minimum atomic E-state index is -0.656. The number of amides is 2. The van der Waals surface area contributed by atoms with Crippen LogP contribution in [0.25, 0.3) is 11.2 Å². The van der Waals surface area contributed by atoms with E-state index in [1.807, 2.05) is 5.01 Å². The fourth-order valence-corrected chi connectivity index (χ4v) is 4.35. The van der Waals surface area contributed by atoms with E-state index in [1.165, 1.54) is 43.7 Å². The first-order valence-corrected chi connectivity index (χ1v) is 12.4. The lowest BCUT2D eigenvalue weighted by molar-refractivity contribution is 0.137. The van der Waals surface area contributed by atoms with Crippen LogP contribution in [0.15, 0.2) is 46.6 Å². The number of H-pyrrole nitrogens is 1. The molecule has 0 saturated heterocycles. The molecule has 10 nitrogen and oxygen atoms in total. The number of carbonyl (C=O) groups is 1. The molecular formula is C26H30FN7O3. The van der Waals surface area contributed by atoms with Crippen LogP contribution >= 0.6 is 0 Å². The SMILES string of the molecule is CC(C)(C)C1=NN(CC2CCC2)C(NC(=O)Nc2ccc(Oc3ccnc4[nH]c(=O)cnc34)cc2F)C1. The quantitative estimate of drug-likeness (QED) is 0.448. The molecule has 5 rings (SSSR count). The van der Waals surface area contributed by atoms with Crippen LogP contribution < -0.4 is 20.9 Å². The Kier molecular flexibility index (Phi) is 6.53. The van der Waals surface area contributed by atoms with Crippen molar-refractivity contribution in [2.45, 2.75) is 52.6 Å². The summed E-state index contributed by atoms with van der Waals surface area (Å²) in [5.74, 6) is 0.446. The van der Waals surface area contributed by atoms with Gasteiger partial charge in [-0.05, 0) is 30.9 Å². The minimum Gasteiger partial charge on any atom is -0.455 e. The predicted molar refractivity (Wildman–Crippen MR) is 138 cm³/mol.